The second kappa shape index (κ2) is 5.15. The van der Waals surface area contributed by atoms with E-state index in [4.69, 9.17) is 5.11 Å². The Morgan fingerprint density at radius 2 is 2.33 bits per heavy atom. The van der Waals surface area contributed by atoms with Crippen LogP contribution < -0.4 is 4.72 Å². The van der Waals surface area contributed by atoms with E-state index >= 15 is 0 Å². The predicted octanol–water partition coefficient (Wildman–Crippen LogP) is -0.723. The summed E-state index contributed by atoms with van der Waals surface area (Å²) < 4.78 is 25.2. The molecule has 0 amide bonds. The van der Waals surface area contributed by atoms with E-state index in [0.717, 1.165) is 0 Å². The molecule has 84 valence electrons. The van der Waals surface area contributed by atoms with Gasteiger partial charge >= 0.3 is 0 Å². The van der Waals surface area contributed by atoms with Crippen LogP contribution in [0, 0.1) is 0 Å². The van der Waals surface area contributed by atoms with Crippen molar-refractivity contribution in [2.45, 2.75) is 18.7 Å². The Bertz CT molecular complexity index is 393. The topological polar surface area (TPSA) is 92.2 Å². The quantitative estimate of drug-likeness (QED) is 0.697. The van der Waals surface area contributed by atoms with Gasteiger partial charge in [0.2, 0.25) is 10.0 Å². The summed E-state index contributed by atoms with van der Waals surface area (Å²) in [5, 5.41) is 15.2. The summed E-state index contributed by atoms with van der Waals surface area (Å²) in [6.07, 6.45) is 1.51. The Balaban J connectivity index is 2.58. The second-order valence-electron chi connectivity index (χ2n) is 3.07. The molecule has 0 saturated heterocycles. The standard InChI is InChI=1S/C8H13N3O3S/c1-7(6-12)15(13,14)10-5-8-3-2-4-9-11-8/h2-4,7,10,12H,5-6H2,1H3. The molecule has 1 unspecified atom stereocenters. The summed E-state index contributed by atoms with van der Waals surface area (Å²) in [6.45, 7) is 1.11. The van der Waals surface area contributed by atoms with Gasteiger partial charge < -0.3 is 5.11 Å². The minimum Gasteiger partial charge on any atom is -0.395 e. The van der Waals surface area contributed by atoms with Crippen LogP contribution in [-0.2, 0) is 16.6 Å². The Morgan fingerprint density at radius 1 is 1.60 bits per heavy atom. The highest BCUT2D eigenvalue weighted by Crippen LogP contribution is 1.99. The minimum atomic E-state index is -3.48. The molecule has 1 heterocycles. The number of rotatable bonds is 5. The molecule has 1 atom stereocenters. The predicted molar refractivity (Wildman–Crippen MR) is 54.3 cm³/mol. The third kappa shape index (κ3) is 3.54. The number of sulfonamides is 1. The molecule has 6 nitrogen and oxygen atoms in total. The van der Waals surface area contributed by atoms with Gasteiger partial charge in [-0.25, -0.2) is 13.1 Å². The van der Waals surface area contributed by atoms with Gasteiger partial charge in [0.1, 0.15) is 0 Å². The van der Waals surface area contributed by atoms with E-state index in [9.17, 15) is 8.42 Å². The van der Waals surface area contributed by atoms with Crippen LogP contribution >= 0.6 is 0 Å². The van der Waals surface area contributed by atoms with Crippen molar-refractivity contribution in [2.24, 2.45) is 0 Å². The van der Waals surface area contributed by atoms with E-state index in [1.54, 1.807) is 12.1 Å². The Hall–Kier alpha value is -1.05. The van der Waals surface area contributed by atoms with Gasteiger partial charge in [-0.05, 0) is 19.1 Å². The van der Waals surface area contributed by atoms with E-state index in [0.29, 0.717) is 5.69 Å². The van der Waals surface area contributed by atoms with Crippen LogP contribution in [0.25, 0.3) is 0 Å². The van der Waals surface area contributed by atoms with Crippen molar-refractivity contribution in [1.82, 2.24) is 14.9 Å². The normalized spacial score (nSPS) is 13.7. The SMILES string of the molecule is CC(CO)S(=O)(=O)NCc1cccnn1. The molecule has 1 aromatic heterocycles. The maximum Gasteiger partial charge on any atom is 0.216 e. The Kier molecular flexibility index (Phi) is 4.13. The van der Waals surface area contributed by atoms with Gasteiger partial charge in [-0.1, -0.05) is 0 Å². The highest BCUT2D eigenvalue weighted by molar-refractivity contribution is 7.90. The van der Waals surface area contributed by atoms with E-state index < -0.39 is 21.9 Å². The molecule has 0 aliphatic rings. The van der Waals surface area contributed by atoms with Crippen molar-refractivity contribution in [1.29, 1.82) is 0 Å². The fraction of sp³-hybridized carbons (Fsp3) is 0.500. The maximum atomic E-state index is 11.4. The molecule has 15 heavy (non-hydrogen) atoms. The number of aliphatic hydroxyl groups excluding tert-OH is 1. The fourth-order valence-corrected chi connectivity index (χ4v) is 1.67. The van der Waals surface area contributed by atoms with Crippen molar-refractivity contribution in [2.75, 3.05) is 6.61 Å². The van der Waals surface area contributed by atoms with Crippen molar-refractivity contribution < 1.29 is 13.5 Å². The molecule has 0 aromatic carbocycles. The van der Waals surface area contributed by atoms with Gasteiger partial charge in [-0.2, -0.15) is 10.2 Å². The summed E-state index contributed by atoms with van der Waals surface area (Å²) >= 11 is 0. The minimum absolute atomic E-state index is 0.0838. The van der Waals surface area contributed by atoms with Gasteiger partial charge in [-0.15, -0.1) is 0 Å². The van der Waals surface area contributed by atoms with Crippen molar-refractivity contribution >= 4 is 10.0 Å². The molecular weight excluding hydrogens is 218 g/mol. The molecule has 1 aromatic rings. The van der Waals surface area contributed by atoms with Gasteiger partial charge in [-0.3, -0.25) is 0 Å². The van der Waals surface area contributed by atoms with E-state index in [1.807, 2.05) is 0 Å². The van der Waals surface area contributed by atoms with Gasteiger partial charge in [0.25, 0.3) is 0 Å². The zero-order valence-electron chi connectivity index (χ0n) is 8.29. The summed E-state index contributed by atoms with van der Waals surface area (Å²) in [4.78, 5) is 0. The average Bonchev–Trinajstić information content (AvgIpc) is 2.27. The molecule has 0 fully saturated rings. The number of hydrogen-bond donors (Lipinski definition) is 2. The average molecular weight is 231 g/mol. The van der Waals surface area contributed by atoms with Gasteiger partial charge in [0, 0.05) is 6.20 Å². The lowest BCUT2D eigenvalue weighted by Crippen LogP contribution is -2.34. The smallest absolute Gasteiger partial charge is 0.216 e. The van der Waals surface area contributed by atoms with Crippen LogP contribution in [-0.4, -0.2) is 35.6 Å². The number of aliphatic hydroxyl groups is 1. The zero-order valence-corrected chi connectivity index (χ0v) is 9.11. The summed E-state index contributed by atoms with van der Waals surface area (Å²) in [6, 6.07) is 3.34. The summed E-state index contributed by atoms with van der Waals surface area (Å²) in [5.41, 5.74) is 0.534. The zero-order chi connectivity index (χ0) is 11.3. The van der Waals surface area contributed by atoms with Crippen LogP contribution in [0.2, 0.25) is 0 Å². The van der Waals surface area contributed by atoms with Crippen molar-refractivity contribution in [3.05, 3.63) is 24.0 Å². The van der Waals surface area contributed by atoms with E-state index in [1.165, 1.54) is 13.1 Å². The van der Waals surface area contributed by atoms with Crippen molar-refractivity contribution in [3.63, 3.8) is 0 Å². The van der Waals surface area contributed by atoms with Crippen LogP contribution in [0.4, 0.5) is 0 Å². The largest absolute Gasteiger partial charge is 0.395 e. The number of aromatic nitrogens is 2. The van der Waals surface area contributed by atoms with Gasteiger partial charge in [0.15, 0.2) is 0 Å². The second-order valence-corrected chi connectivity index (χ2v) is 5.26. The maximum absolute atomic E-state index is 11.4. The van der Waals surface area contributed by atoms with Crippen LogP contribution in [0.1, 0.15) is 12.6 Å². The fourth-order valence-electron chi connectivity index (χ4n) is 0.843. The Morgan fingerprint density at radius 3 is 2.87 bits per heavy atom. The number of nitrogens with zero attached hydrogens (tertiary/aromatic N) is 2. The van der Waals surface area contributed by atoms with Crippen LogP contribution in [0.5, 0.6) is 0 Å². The number of hydrogen-bond acceptors (Lipinski definition) is 5. The van der Waals surface area contributed by atoms with Crippen molar-refractivity contribution in [3.8, 4) is 0 Å². The molecule has 1 rings (SSSR count). The lowest BCUT2D eigenvalue weighted by molar-refractivity contribution is 0.294. The summed E-state index contributed by atoms with van der Waals surface area (Å²) in [5.74, 6) is 0. The molecular formula is C8H13N3O3S. The van der Waals surface area contributed by atoms with Crippen LogP contribution in [0.3, 0.4) is 0 Å². The lowest BCUT2D eigenvalue weighted by Gasteiger charge is -2.10. The third-order valence-electron chi connectivity index (χ3n) is 1.87. The molecule has 0 aliphatic heterocycles. The first-order valence-electron chi connectivity index (χ1n) is 4.42. The van der Waals surface area contributed by atoms with E-state index in [2.05, 4.69) is 14.9 Å². The molecule has 0 radical (unpaired) electrons. The first-order chi connectivity index (χ1) is 7.06. The highest BCUT2D eigenvalue weighted by Gasteiger charge is 2.19. The monoisotopic (exact) mass is 231 g/mol. The summed E-state index contributed by atoms with van der Waals surface area (Å²) in [7, 11) is -3.48. The Labute approximate surface area is 88.4 Å². The highest BCUT2D eigenvalue weighted by atomic mass is 32.2. The molecule has 0 bridgehead atoms. The van der Waals surface area contributed by atoms with Gasteiger partial charge in [0.05, 0.1) is 24.1 Å². The van der Waals surface area contributed by atoms with Crippen LogP contribution in [0.15, 0.2) is 18.3 Å². The molecule has 0 aliphatic carbocycles. The molecule has 0 spiro atoms. The molecule has 7 heteroatoms. The third-order valence-corrected chi connectivity index (χ3v) is 3.62. The first kappa shape index (κ1) is 12.0. The molecule has 2 N–H and O–H groups in total. The first-order valence-corrected chi connectivity index (χ1v) is 5.97. The van der Waals surface area contributed by atoms with E-state index in [-0.39, 0.29) is 6.54 Å². The lowest BCUT2D eigenvalue weighted by atomic mass is 10.4. The molecule has 0 saturated carbocycles. The number of nitrogens with one attached hydrogen (secondary N) is 1.